The molecule has 2 unspecified atom stereocenters. The van der Waals surface area contributed by atoms with Gasteiger partial charge in [0.15, 0.2) is 0 Å². The van der Waals surface area contributed by atoms with Crippen LogP contribution >= 0.6 is 0 Å². The summed E-state index contributed by atoms with van der Waals surface area (Å²) in [6.45, 7) is 4.94. The molecule has 67 heavy (non-hydrogen) atoms. The number of esters is 1. The number of hydrogen-bond acceptors (Lipinski definition) is 5. The predicted molar refractivity (Wildman–Crippen MR) is 292 cm³/mol. The van der Waals surface area contributed by atoms with Crippen LogP contribution in [0.4, 0.5) is 0 Å². The van der Waals surface area contributed by atoms with Crippen molar-refractivity contribution in [2.24, 2.45) is 0 Å². The molecule has 0 fully saturated rings. The lowest BCUT2D eigenvalue weighted by Crippen LogP contribution is -2.45. The van der Waals surface area contributed by atoms with Gasteiger partial charge in [0.25, 0.3) is 0 Å². The molecule has 0 aromatic carbocycles. The van der Waals surface area contributed by atoms with Crippen LogP contribution in [0.5, 0.6) is 0 Å². The minimum Gasteiger partial charge on any atom is -0.466 e. The van der Waals surface area contributed by atoms with E-state index in [4.69, 9.17) is 4.74 Å². The molecule has 6 heteroatoms. The van der Waals surface area contributed by atoms with Crippen molar-refractivity contribution >= 4 is 11.9 Å². The molecule has 6 nitrogen and oxygen atoms in total. The van der Waals surface area contributed by atoms with E-state index in [1.165, 1.54) is 250 Å². The topological polar surface area (TPSA) is 95.9 Å². The normalized spacial score (nSPS) is 12.7. The molecule has 0 aromatic rings. The van der Waals surface area contributed by atoms with Crippen LogP contribution in [-0.2, 0) is 14.3 Å². The Morgan fingerprint density at radius 3 is 1.07 bits per heavy atom. The molecule has 1 amide bonds. The molecule has 0 aliphatic carbocycles. The van der Waals surface area contributed by atoms with Crippen LogP contribution < -0.4 is 5.32 Å². The maximum Gasteiger partial charge on any atom is 0.305 e. The fourth-order valence-electron chi connectivity index (χ4n) is 9.34. The van der Waals surface area contributed by atoms with E-state index in [-0.39, 0.29) is 18.5 Å². The van der Waals surface area contributed by atoms with Gasteiger partial charge in [-0.25, -0.2) is 0 Å². The Labute approximate surface area is 418 Å². The summed E-state index contributed by atoms with van der Waals surface area (Å²) in [6.07, 6.45) is 68.9. The van der Waals surface area contributed by atoms with Crippen LogP contribution in [0, 0.1) is 0 Å². The van der Waals surface area contributed by atoms with Gasteiger partial charge in [0.05, 0.1) is 25.4 Å². The number of rotatable bonds is 56. The van der Waals surface area contributed by atoms with Crippen molar-refractivity contribution in [3.8, 4) is 0 Å². The van der Waals surface area contributed by atoms with E-state index in [2.05, 4.69) is 43.5 Å². The summed E-state index contributed by atoms with van der Waals surface area (Å²) < 4.78 is 5.46. The van der Waals surface area contributed by atoms with Crippen LogP contribution in [0.2, 0.25) is 0 Å². The number of aliphatic hydroxyl groups excluding tert-OH is 2. The van der Waals surface area contributed by atoms with Crippen LogP contribution in [0.25, 0.3) is 0 Å². The second kappa shape index (κ2) is 56.9. The molecule has 0 aromatic heterocycles. The van der Waals surface area contributed by atoms with Crippen molar-refractivity contribution in [2.45, 2.75) is 341 Å². The molecular formula is C61H117NO5. The summed E-state index contributed by atoms with van der Waals surface area (Å²) >= 11 is 0. The van der Waals surface area contributed by atoms with E-state index < -0.39 is 12.1 Å². The van der Waals surface area contributed by atoms with Crippen molar-refractivity contribution in [2.75, 3.05) is 13.2 Å². The molecule has 0 bridgehead atoms. The molecule has 0 saturated carbocycles. The van der Waals surface area contributed by atoms with E-state index in [0.29, 0.717) is 25.9 Å². The standard InChI is InChI=1S/C61H117NO5/c1-3-5-7-9-11-13-15-17-18-19-23-26-30-33-37-41-45-49-53-59(64)58(57-63)62-60(65)54-50-46-42-38-34-31-27-24-21-20-22-25-28-32-36-40-44-48-52-56-67-61(66)55-51-47-43-39-35-29-16-14-12-10-8-6-4-2/h14,16,20-21,58-59,63-64H,3-13,15,17-19,22-57H2,1-2H3,(H,62,65)/b16-14-,21-20-. The third-order valence-electron chi connectivity index (χ3n) is 14.0. The van der Waals surface area contributed by atoms with Gasteiger partial charge in [-0.05, 0) is 77.0 Å². The molecule has 0 heterocycles. The summed E-state index contributed by atoms with van der Waals surface area (Å²) in [5.74, 6) is -0.0473. The van der Waals surface area contributed by atoms with Gasteiger partial charge >= 0.3 is 5.97 Å². The summed E-state index contributed by atoms with van der Waals surface area (Å²) in [5, 5.41) is 23.3. The number of ether oxygens (including phenoxy) is 1. The SMILES string of the molecule is CCCCCC/C=C\CCCCCCCC(=O)OCCCCCCCCCC/C=C\CCCCCCCCCC(=O)NC(CO)C(O)CCCCCCCCCCCCCCCCCCCC. The third-order valence-corrected chi connectivity index (χ3v) is 14.0. The highest BCUT2D eigenvalue weighted by molar-refractivity contribution is 5.76. The Bertz CT molecular complexity index is 1040. The number of allylic oxidation sites excluding steroid dienone is 4. The first-order chi connectivity index (χ1) is 33.0. The Hall–Kier alpha value is -1.66. The van der Waals surface area contributed by atoms with Crippen molar-refractivity contribution in [3.63, 3.8) is 0 Å². The maximum absolute atomic E-state index is 12.5. The molecule has 0 spiro atoms. The molecule has 396 valence electrons. The lowest BCUT2D eigenvalue weighted by molar-refractivity contribution is -0.143. The van der Waals surface area contributed by atoms with Gasteiger partial charge in [-0.2, -0.15) is 0 Å². The first-order valence-corrected chi connectivity index (χ1v) is 30.1. The number of amides is 1. The molecule has 0 radical (unpaired) electrons. The Morgan fingerprint density at radius 1 is 0.403 bits per heavy atom. The summed E-state index contributed by atoms with van der Waals surface area (Å²) in [7, 11) is 0. The average molecular weight is 945 g/mol. The minimum atomic E-state index is -0.671. The van der Waals surface area contributed by atoms with E-state index in [9.17, 15) is 19.8 Å². The molecule has 0 aliphatic heterocycles. The second-order valence-electron chi connectivity index (χ2n) is 20.7. The average Bonchev–Trinajstić information content (AvgIpc) is 3.33. The fraction of sp³-hybridized carbons (Fsp3) is 0.902. The van der Waals surface area contributed by atoms with Crippen molar-refractivity contribution in [1.82, 2.24) is 5.32 Å². The summed E-state index contributed by atoms with van der Waals surface area (Å²) in [4.78, 5) is 24.5. The number of unbranched alkanes of at least 4 members (excludes halogenated alkanes) is 41. The Balaban J connectivity index is 3.45. The maximum atomic E-state index is 12.5. The Kier molecular flexibility index (Phi) is 55.5. The van der Waals surface area contributed by atoms with Crippen LogP contribution in [-0.4, -0.2) is 47.4 Å². The van der Waals surface area contributed by atoms with Gasteiger partial charge < -0.3 is 20.3 Å². The number of carbonyl (C=O) groups excluding carboxylic acids is 2. The lowest BCUT2D eigenvalue weighted by Gasteiger charge is -2.22. The monoisotopic (exact) mass is 944 g/mol. The first-order valence-electron chi connectivity index (χ1n) is 30.1. The van der Waals surface area contributed by atoms with Crippen molar-refractivity contribution in [3.05, 3.63) is 24.3 Å². The highest BCUT2D eigenvalue weighted by Gasteiger charge is 2.20. The quantitative estimate of drug-likeness (QED) is 0.0321. The summed E-state index contributed by atoms with van der Waals surface area (Å²) in [5.41, 5.74) is 0. The zero-order valence-corrected chi connectivity index (χ0v) is 45.1. The molecule has 2 atom stereocenters. The summed E-state index contributed by atoms with van der Waals surface area (Å²) in [6, 6.07) is -0.549. The first kappa shape index (κ1) is 65.3. The van der Waals surface area contributed by atoms with Crippen molar-refractivity contribution < 1.29 is 24.5 Å². The highest BCUT2D eigenvalue weighted by atomic mass is 16.5. The fourth-order valence-corrected chi connectivity index (χ4v) is 9.34. The van der Waals surface area contributed by atoms with E-state index in [1.807, 2.05) is 0 Å². The molecular weight excluding hydrogens is 827 g/mol. The Morgan fingerprint density at radius 2 is 0.701 bits per heavy atom. The molecule has 3 N–H and O–H groups in total. The zero-order valence-electron chi connectivity index (χ0n) is 45.1. The lowest BCUT2D eigenvalue weighted by atomic mass is 10.0. The van der Waals surface area contributed by atoms with E-state index >= 15 is 0 Å². The van der Waals surface area contributed by atoms with Gasteiger partial charge in [0, 0.05) is 12.8 Å². The zero-order chi connectivity index (χ0) is 48.6. The second-order valence-corrected chi connectivity index (χ2v) is 20.7. The van der Waals surface area contributed by atoms with Crippen LogP contribution in [0.3, 0.4) is 0 Å². The molecule has 0 aliphatic rings. The van der Waals surface area contributed by atoms with Gasteiger partial charge in [-0.3, -0.25) is 9.59 Å². The predicted octanol–water partition coefficient (Wildman–Crippen LogP) is 18.6. The van der Waals surface area contributed by atoms with E-state index in [0.717, 1.165) is 44.9 Å². The number of nitrogens with one attached hydrogen (secondary N) is 1. The van der Waals surface area contributed by atoms with Gasteiger partial charge in [-0.15, -0.1) is 0 Å². The van der Waals surface area contributed by atoms with Crippen LogP contribution in [0.1, 0.15) is 328 Å². The molecule has 0 saturated heterocycles. The largest absolute Gasteiger partial charge is 0.466 e. The van der Waals surface area contributed by atoms with Gasteiger partial charge in [-0.1, -0.05) is 263 Å². The number of carbonyl (C=O) groups is 2. The van der Waals surface area contributed by atoms with Crippen LogP contribution in [0.15, 0.2) is 24.3 Å². The minimum absolute atomic E-state index is 0.00493. The van der Waals surface area contributed by atoms with E-state index in [1.54, 1.807) is 0 Å². The number of aliphatic hydroxyl groups is 2. The van der Waals surface area contributed by atoms with Gasteiger partial charge in [0.1, 0.15) is 0 Å². The van der Waals surface area contributed by atoms with Crippen molar-refractivity contribution in [1.29, 1.82) is 0 Å². The molecule has 0 rings (SSSR count). The smallest absolute Gasteiger partial charge is 0.305 e. The van der Waals surface area contributed by atoms with Gasteiger partial charge in [0.2, 0.25) is 5.91 Å². The number of hydrogen-bond donors (Lipinski definition) is 3. The third kappa shape index (κ3) is 53.5. The highest BCUT2D eigenvalue weighted by Crippen LogP contribution is 2.17.